The predicted octanol–water partition coefficient (Wildman–Crippen LogP) is 2.18. The summed E-state index contributed by atoms with van der Waals surface area (Å²) in [6.07, 6.45) is 6.36. The SMILES string of the molecule is CCOc1ccc(-n2nnc3cnc(Nc4cnn(CC5CC5CO)c4)nc32)cc1. The molecule has 0 bridgehead atoms. The van der Waals surface area contributed by atoms with Crippen LogP contribution in [0.1, 0.15) is 13.3 Å². The summed E-state index contributed by atoms with van der Waals surface area (Å²) in [5.41, 5.74) is 2.85. The van der Waals surface area contributed by atoms with Gasteiger partial charge in [0, 0.05) is 19.3 Å². The normalized spacial score (nSPS) is 17.9. The van der Waals surface area contributed by atoms with Crippen LogP contribution in [0.5, 0.6) is 5.75 Å². The third kappa shape index (κ3) is 3.69. The minimum atomic E-state index is 0.251. The van der Waals surface area contributed by atoms with Crippen molar-refractivity contribution in [3.05, 3.63) is 42.9 Å². The Hall–Kier alpha value is -3.53. The molecule has 2 N–H and O–H groups in total. The molecule has 30 heavy (non-hydrogen) atoms. The Kier molecular flexibility index (Phi) is 4.75. The number of hydrogen-bond acceptors (Lipinski definition) is 8. The van der Waals surface area contributed by atoms with E-state index >= 15 is 0 Å². The summed E-state index contributed by atoms with van der Waals surface area (Å²) < 4.78 is 9.04. The fourth-order valence-corrected chi connectivity index (χ4v) is 3.47. The van der Waals surface area contributed by atoms with E-state index < -0.39 is 0 Å². The van der Waals surface area contributed by atoms with Crippen molar-refractivity contribution in [2.45, 2.75) is 19.9 Å². The predicted molar refractivity (Wildman–Crippen MR) is 110 cm³/mol. The van der Waals surface area contributed by atoms with Crippen molar-refractivity contribution in [3.8, 4) is 11.4 Å². The van der Waals surface area contributed by atoms with E-state index in [1.807, 2.05) is 42.1 Å². The molecule has 2 unspecified atom stereocenters. The number of fused-ring (bicyclic) bond motifs is 1. The van der Waals surface area contributed by atoms with Gasteiger partial charge in [0.1, 0.15) is 5.75 Å². The second-order valence-corrected chi connectivity index (χ2v) is 7.35. The largest absolute Gasteiger partial charge is 0.494 e. The molecule has 154 valence electrons. The monoisotopic (exact) mass is 406 g/mol. The fourth-order valence-electron chi connectivity index (χ4n) is 3.47. The molecule has 1 aliphatic carbocycles. The van der Waals surface area contributed by atoms with E-state index in [0.717, 1.165) is 30.1 Å². The smallest absolute Gasteiger partial charge is 0.229 e. The number of aromatic nitrogens is 7. The molecular formula is C20H22N8O2. The molecule has 1 saturated carbocycles. The Balaban J connectivity index is 1.35. The molecule has 1 aliphatic rings. The molecule has 3 heterocycles. The molecule has 4 aromatic rings. The van der Waals surface area contributed by atoms with Gasteiger partial charge in [-0.05, 0) is 49.4 Å². The van der Waals surface area contributed by atoms with Gasteiger partial charge in [0.15, 0.2) is 11.2 Å². The molecule has 1 fully saturated rings. The van der Waals surface area contributed by atoms with Crippen LogP contribution in [0, 0.1) is 11.8 Å². The minimum Gasteiger partial charge on any atom is -0.494 e. The zero-order valence-electron chi connectivity index (χ0n) is 16.5. The molecule has 5 rings (SSSR count). The Morgan fingerprint density at radius 3 is 2.83 bits per heavy atom. The van der Waals surface area contributed by atoms with Crippen molar-refractivity contribution >= 4 is 22.8 Å². The summed E-state index contributed by atoms with van der Waals surface area (Å²) in [6, 6.07) is 7.61. The van der Waals surface area contributed by atoms with Crippen LogP contribution in [0.25, 0.3) is 16.9 Å². The number of nitrogens with zero attached hydrogens (tertiary/aromatic N) is 7. The topological polar surface area (TPSA) is 116 Å². The molecule has 0 saturated heterocycles. The third-order valence-electron chi connectivity index (χ3n) is 5.20. The second-order valence-electron chi connectivity index (χ2n) is 7.35. The molecule has 0 radical (unpaired) electrons. The highest BCUT2D eigenvalue weighted by molar-refractivity contribution is 5.72. The Bertz CT molecular complexity index is 1150. The van der Waals surface area contributed by atoms with Crippen molar-refractivity contribution in [3.63, 3.8) is 0 Å². The fraction of sp³-hybridized carbons (Fsp3) is 0.350. The molecule has 10 nitrogen and oxygen atoms in total. The lowest BCUT2D eigenvalue weighted by Crippen LogP contribution is -2.03. The number of benzene rings is 1. The van der Waals surface area contributed by atoms with Gasteiger partial charge in [0.05, 0.1) is 30.4 Å². The zero-order chi connectivity index (χ0) is 20.5. The molecule has 10 heteroatoms. The van der Waals surface area contributed by atoms with E-state index in [0.29, 0.717) is 35.6 Å². The molecule has 1 aromatic carbocycles. The third-order valence-corrected chi connectivity index (χ3v) is 5.20. The molecule has 0 aliphatic heterocycles. The van der Waals surface area contributed by atoms with Gasteiger partial charge in [-0.1, -0.05) is 5.21 Å². The van der Waals surface area contributed by atoms with Crippen LogP contribution in [0.15, 0.2) is 42.9 Å². The van der Waals surface area contributed by atoms with Crippen molar-refractivity contribution in [1.29, 1.82) is 0 Å². The Morgan fingerprint density at radius 2 is 2.07 bits per heavy atom. The Morgan fingerprint density at radius 1 is 1.20 bits per heavy atom. The van der Waals surface area contributed by atoms with E-state index in [-0.39, 0.29) is 6.61 Å². The number of aliphatic hydroxyl groups excluding tert-OH is 1. The number of rotatable bonds is 8. The first-order valence-electron chi connectivity index (χ1n) is 9.95. The van der Waals surface area contributed by atoms with Crippen LogP contribution < -0.4 is 10.1 Å². The van der Waals surface area contributed by atoms with Gasteiger partial charge < -0.3 is 15.2 Å². The van der Waals surface area contributed by atoms with Crippen LogP contribution in [-0.2, 0) is 6.54 Å². The molecule has 3 aromatic heterocycles. The molecule has 0 amide bonds. The maximum absolute atomic E-state index is 9.19. The zero-order valence-corrected chi connectivity index (χ0v) is 16.5. The van der Waals surface area contributed by atoms with Crippen molar-refractivity contribution in [2.24, 2.45) is 11.8 Å². The quantitative estimate of drug-likeness (QED) is 0.457. The lowest BCUT2D eigenvalue weighted by Gasteiger charge is -2.06. The standard InChI is InChI=1S/C20H22N8O2/c1-2-30-17-5-3-16(4-6-17)28-19-18(25-26-28)9-21-20(24-19)23-15-8-22-27(11-15)10-13-7-14(13)12-29/h3-6,8-9,11,13-14,29H,2,7,10,12H2,1H3,(H,21,23,24). The van der Waals surface area contributed by atoms with Gasteiger partial charge in [-0.25, -0.2) is 4.98 Å². The lowest BCUT2D eigenvalue weighted by molar-refractivity contribution is 0.265. The van der Waals surface area contributed by atoms with E-state index in [2.05, 4.69) is 30.7 Å². The van der Waals surface area contributed by atoms with Gasteiger partial charge in [-0.15, -0.1) is 5.10 Å². The highest BCUT2D eigenvalue weighted by atomic mass is 16.5. The molecular weight excluding hydrogens is 384 g/mol. The number of anilines is 2. The number of nitrogens with one attached hydrogen (secondary N) is 1. The van der Waals surface area contributed by atoms with E-state index in [9.17, 15) is 5.11 Å². The van der Waals surface area contributed by atoms with E-state index in [4.69, 9.17) is 4.74 Å². The average Bonchev–Trinajstić information content (AvgIpc) is 3.15. The van der Waals surface area contributed by atoms with E-state index in [1.54, 1.807) is 17.1 Å². The number of ether oxygens (including phenoxy) is 1. The first-order chi connectivity index (χ1) is 14.7. The van der Waals surface area contributed by atoms with Gasteiger partial charge in [0.25, 0.3) is 0 Å². The Labute approximate surface area is 172 Å². The average molecular weight is 406 g/mol. The van der Waals surface area contributed by atoms with Crippen molar-refractivity contribution in [1.82, 2.24) is 34.7 Å². The highest BCUT2D eigenvalue weighted by Gasteiger charge is 2.36. The summed E-state index contributed by atoms with van der Waals surface area (Å²) >= 11 is 0. The summed E-state index contributed by atoms with van der Waals surface area (Å²) in [5, 5.41) is 25.1. The van der Waals surface area contributed by atoms with Crippen molar-refractivity contribution in [2.75, 3.05) is 18.5 Å². The molecule has 2 atom stereocenters. The van der Waals surface area contributed by atoms with Gasteiger partial charge in [0.2, 0.25) is 5.95 Å². The van der Waals surface area contributed by atoms with Gasteiger partial charge in [-0.3, -0.25) is 4.68 Å². The summed E-state index contributed by atoms with van der Waals surface area (Å²) in [4.78, 5) is 8.92. The summed E-state index contributed by atoms with van der Waals surface area (Å²) in [6.45, 7) is 3.63. The summed E-state index contributed by atoms with van der Waals surface area (Å²) in [7, 11) is 0. The van der Waals surface area contributed by atoms with Crippen LogP contribution in [0.4, 0.5) is 11.6 Å². The van der Waals surface area contributed by atoms with E-state index in [1.165, 1.54) is 0 Å². The molecule has 0 spiro atoms. The number of hydrogen-bond donors (Lipinski definition) is 2. The van der Waals surface area contributed by atoms with Crippen LogP contribution in [0.3, 0.4) is 0 Å². The summed E-state index contributed by atoms with van der Waals surface area (Å²) in [5.74, 6) is 2.16. The van der Waals surface area contributed by atoms with Crippen LogP contribution >= 0.6 is 0 Å². The maximum atomic E-state index is 9.19. The van der Waals surface area contributed by atoms with Gasteiger partial charge in [-0.2, -0.15) is 14.8 Å². The first kappa shape index (κ1) is 18.5. The van der Waals surface area contributed by atoms with Crippen molar-refractivity contribution < 1.29 is 9.84 Å². The lowest BCUT2D eigenvalue weighted by atomic mass is 10.3. The maximum Gasteiger partial charge on any atom is 0.229 e. The number of aliphatic hydroxyl groups is 1. The van der Waals surface area contributed by atoms with Crippen LogP contribution in [-0.4, -0.2) is 53.1 Å². The van der Waals surface area contributed by atoms with Gasteiger partial charge >= 0.3 is 0 Å². The minimum absolute atomic E-state index is 0.251. The first-order valence-corrected chi connectivity index (χ1v) is 9.95. The van der Waals surface area contributed by atoms with Crippen LogP contribution in [0.2, 0.25) is 0 Å². The highest BCUT2D eigenvalue weighted by Crippen LogP contribution is 2.39. The second kappa shape index (κ2) is 7.71.